The highest BCUT2D eigenvalue weighted by atomic mass is 16.4. The third kappa shape index (κ3) is 1.82. The number of aromatic hydroxyl groups is 1. The van der Waals surface area contributed by atoms with E-state index in [-0.39, 0.29) is 11.8 Å². The average molecular weight is 266 g/mol. The van der Waals surface area contributed by atoms with Crippen LogP contribution >= 0.6 is 0 Å². The minimum Gasteiger partial charge on any atom is -0.507 e. The van der Waals surface area contributed by atoms with Crippen LogP contribution in [0.5, 0.6) is 5.75 Å². The number of hydrogen-bond donors (Lipinski definition) is 2. The van der Waals surface area contributed by atoms with Gasteiger partial charge in [0.1, 0.15) is 5.75 Å². The number of nitriles is 1. The number of phenolic OH excluding ortho intramolecular Hbond substituents is 1. The number of aromatic nitrogens is 2. The predicted molar refractivity (Wildman–Crippen MR) is 72.8 cm³/mol. The molecular formula is C14H10N4O2. The number of nitrogens with zero attached hydrogens (tertiary/aromatic N) is 3. The van der Waals surface area contributed by atoms with Crippen molar-refractivity contribution in [1.29, 1.82) is 5.26 Å². The van der Waals surface area contributed by atoms with E-state index in [4.69, 9.17) is 15.4 Å². The molecule has 1 aromatic carbocycles. The van der Waals surface area contributed by atoms with Crippen molar-refractivity contribution in [2.75, 3.05) is 5.73 Å². The second kappa shape index (κ2) is 4.24. The van der Waals surface area contributed by atoms with E-state index in [1.54, 1.807) is 25.1 Å². The van der Waals surface area contributed by atoms with E-state index in [2.05, 4.69) is 9.97 Å². The van der Waals surface area contributed by atoms with Crippen molar-refractivity contribution < 1.29 is 9.52 Å². The Balaban J connectivity index is 2.22. The Morgan fingerprint density at radius 2 is 2.10 bits per heavy atom. The first kappa shape index (κ1) is 12.0. The summed E-state index contributed by atoms with van der Waals surface area (Å²) in [5.74, 6) is 0.00451. The third-order valence-corrected chi connectivity index (χ3v) is 2.97. The highest BCUT2D eigenvalue weighted by Gasteiger charge is 2.13. The van der Waals surface area contributed by atoms with Gasteiger partial charge in [-0.2, -0.15) is 10.2 Å². The van der Waals surface area contributed by atoms with E-state index in [1.807, 2.05) is 6.07 Å². The maximum Gasteiger partial charge on any atom is 0.294 e. The van der Waals surface area contributed by atoms with Gasteiger partial charge in [-0.15, -0.1) is 0 Å². The normalized spacial score (nSPS) is 10.6. The lowest BCUT2D eigenvalue weighted by Gasteiger charge is -2.08. The maximum absolute atomic E-state index is 10.1. The average Bonchev–Trinajstić information content (AvgIpc) is 2.77. The number of pyridine rings is 1. The second-order valence-electron chi connectivity index (χ2n) is 4.37. The van der Waals surface area contributed by atoms with Crippen LogP contribution < -0.4 is 5.73 Å². The van der Waals surface area contributed by atoms with Crippen molar-refractivity contribution in [2.24, 2.45) is 0 Å². The summed E-state index contributed by atoms with van der Waals surface area (Å²) in [5.41, 5.74) is 8.60. The molecule has 20 heavy (non-hydrogen) atoms. The van der Waals surface area contributed by atoms with Crippen LogP contribution in [0.4, 0.5) is 6.01 Å². The smallest absolute Gasteiger partial charge is 0.294 e. The van der Waals surface area contributed by atoms with Crippen LogP contribution in [-0.4, -0.2) is 15.1 Å². The molecule has 3 N–H and O–H groups in total. The Labute approximate surface area is 114 Å². The van der Waals surface area contributed by atoms with Gasteiger partial charge >= 0.3 is 0 Å². The third-order valence-electron chi connectivity index (χ3n) is 2.97. The summed E-state index contributed by atoms with van der Waals surface area (Å²) in [7, 11) is 0. The number of rotatable bonds is 1. The Hall–Kier alpha value is -3.07. The van der Waals surface area contributed by atoms with E-state index in [1.165, 1.54) is 6.07 Å². The van der Waals surface area contributed by atoms with Crippen molar-refractivity contribution in [3.05, 3.63) is 35.4 Å². The van der Waals surface area contributed by atoms with Crippen molar-refractivity contribution in [3.63, 3.8) is 0 Å². The quantitative estimate of drug-likeness (QED) is 0.699. The SMILES string of the molecule is Cc1cc(C#N)cc(O)c1-c1ccc2oc(N)nc2n1. The molecule has 0 fully saturated rings. The number of nitrogens with two attached hydrogens (primary N) is 1. The van der Waals surface area contributed by atoms with Gasteiger partial charge in [0, 0.05) is 5.56 Å². The first-order chi connectivity index (χ1) is 9.58. The van der Waals surface area contributed by atoms with Gasteiger partial charge in [0.2, 0.25) is 5.65 Å². The highest BCUT2D eigenvalue weighted by molar-refractivity contribution is 5.78. The lowest BCUT2D eigenvalue weighted by atomic mass is 10.0. The van der Waals surface area contributed by atoms with Crippen LogP contribution in [0, 0.1) is 18.3 Å². The zero-order chi connectivity index (χ0) is 14.3. The lowest BCUT2D eigenvalue weighted by molar-refractivity contribution is 0.476. The number of aryl methyl sites for hydroxylation is 1. The first-order valence-corrected chi connectivity index (χ1v) is 5.85. The molecule has 0 radical (unpaired) electrons. The zero-order valence-electron chi connectivity index (χ0n) is 10.6. The number of anilines is 1. The number of benzene rings is 1. The zero-order valence-corrected chi connectivity index (χ0v) is 10.6. The molecule has 2 heterocycles. The Morgan fingerprint density at radius 3 is 2.80 bits per heavy atom. The van der Waals surface area contributed by atoms with Gasteiger partial charge in [0.15, 0.2) is 5.58 Å². The molecule has 0 spiro atoms. The summed E-state index contributed by atoms with van der Waals surface area (Å²) < 4.78 is 5.15. The second-order valence-corrected chi connectivity index (χ2v) is 4.37. The number of nitrogen functional groups attached to an aromatic ring is 1. The fourth-order valence-corrected chi connectivity index (χ4v) is 2.14. The minimum absolute atomic E-state index is 0.00451. The summed E-state index contributed by atoms with van der Waals surface area (Å²) in [4.78, 5) is 8.27. The summed E-state index contributed by atoms with van der Waals surface area (Å²) >= 11 is 0. The largest absolute Gasteiger partial charge is 0.507 e. The molecule has 2 aromatic heterocycles. The number of phenols is 1. The van der Waals surface area contributed by atoms with E-state index in [9.17, 15) is 5.11 Å². The topological polar surface area (TPSA) is 109 Å². The Kier molecular flexibility index (Phi) is 2.54. The van der Waals surface area contributed by atoms with Crippen LogP contribution in [0.1, 0.15) is 11.1 Å². The van der Waals surface area contributed by atoms with Crippen molar-refractivity contribution >= 4 is 17.2 Å². The number of hydrogen-bond acceptors (Lipinski definition) is 6. The molecule has 0 saturated carbocycles. The van der Waals surface area contributed by atoms with E-state index in [0.29, 0.717) is 28.1 Å². The standard InChI is InChI=1S/C14H10N4O2/c1-7-4-8(6-15)5-10(19)12(7)9-2-3-11-13(17-9)18-14(16)20-11/h2-5,19H,1H3,(H2,16,17,18). The van der Waals surface area contributed by atoms with Crippen LogP contribution in [0.15, 0.2) is 28.7 Å². The monoisotopic (exact) mass is 266 g/mol. The van der Waals surface area contributed by atoms with Gasteiger partial charge in [0.25, 0.3) is 6.01 Å². The number of fused-ring (bicyclic) bond motifs is 1. The first-order valence-electron chi connectivity index (χ1n) is 5.85. The molecule has 3 aromatic rings. The van der Waals surface area contributed by atoms with Gasteiger partial charge in [-0.05, 0) is 36.8 Å². The molecule has 0 atom stereocenters. The molecule has 6 nitrogen and oxygen atoms in total. The van der Waals surface area contributed by atoms with Crippen LogP contribution in [0.3, 0.4) is 0 Å². The predicted octanol–water partition coefficient (Wildman–Crippen LogP) is 2.36. The van der Waals surface area contributed by atoms with Gasteiger partial charge in [0.05, 0.1) is 17.3 Å². The molecule has 0 bridgehead atoms. The van der Waals surface area contributed by atoms with E-state index >= 15 is 0 Å². The molecule has 0 saturated heterocycles. The van der Waals surface area contributed by atoms with Crippen molar-refractivity contribution in [3.8, 4) is 23.1 Å². The van der Waals surface area contributed by atoms with Crippen molar-refractivity contribution in [1.82, 2.24) is 9.97 Å². The van der Waals surface area contributed by atoms with Gasteiger partial charge in [-0.25, -0.2) is 4.98 Å². The molecule has 6 heteroatoms. The maximum atomic E-state index is 10.1. The molecule has 98 valence electrons. The number of oxazole rings is 1. The van der Waals surface area contributed by atoms with Crippen LogP contribution in [-0.2, 0) is 0 Å². The fourth-order valence-electron chi connectivity index (χ4n) is 2.14. The summed E-state index contributed by atoms with van der Waals surface area (Å²) in [5, 5.41) is 19.0. The molecule has 0 amide bonds. The van der Waals surface area contributed by atoms with E-state index in [0.717, 1.165) is 5.56 Å². The molecule has 0 unspecified atom stereocenters. The Morgan fingerprint density at radius 1 is 1.30 bits per heavy atom. The molecule has 0 aliphatic rings. The summed E-state index contributed by atoms with van der Waals surface area (Å²) in [6.07, 6.45) is 0. The summed E-state index contributed by atoms with van der Waals surface area (Å²) in [6.45, 7) is 1.80. The van der Waals surface area contributed by atoms with Crippen LogP contribution in [0.2, 0.25) is 0 Å². The molecule has 0 aliphatic heterocycles. The fraction of sp³-hybridized carbons (Fsp3) is 0.0714. The van der Waals surface area contributed by atoms with E-state index < -0.39 is 0 Å². The van der Waals surface area contributed by atoms with Gasteiger partial charge < -0.3 is 15.3 Å². The molecule has 0 aliphatic carbocycles. The van der Waals surface area contributed by atoms with Crippen LogP contribution in [0.25, 0.3) is 22.5 Å². The van der Waals surface area contributed by atoms with Crippen molar-refractivity contribution in [2.45, 2.75) is 6.92 Å². The van der Waals surface area contributed by atoms with Gasteiger partial charge in [-0.1, -0.05) is 0 Å². The summed E-state index contributed by atoms with van der Waals surface area (Å²) in [6, 6.07) is 8.55. The molecule has 3 rings (SSSR count). The Bertz CT molecular complexity index is 838. The minimum atomic E-state index is 0.00451. The van der Waals surface area contributed by atoms with Gasteiger partial charge in [-0.3, -0.25) is 0 Å². The molecular weight excluding hydrogens is 256 g/mol. The lowest BCUT2D eigenvalue weighted by Crippen LogP contribution is -1.90. The highest BCUT2D eigenvalue weighted by Crippen LogP contribution is 2.33.